The molecule has 25 heavy (non-hydrogen) atoms. The summed E-state index contributed by atoms with van der Waals surface area (Å²) in [7, 11) is 0. The summed E-state index contributed by atoms with van der Waals surface area (Å²) in [5, 5.41) is 0. The smallest absolute Gasteiger partial charge is 0.0622 e. The molecule has 2 aromatic rings. The van der Waals surface area contributed by atoms with Crippen LogP contribution in [0.5, 0.6) is 0 Å². The molecule has 0 heterocycles. The van der Waals surface area contributed by atoms with Gasteiger partial charge in [0.25, 0.3) is 0 Å². The van der Waals surface area contributed by atoms with Crippen molar-refractivity contribution in [3.05, 3.63) is 64.7 Å². The Kier molecular flexibility index (Phi) is 4.45. The number of hydrogen-bond acceptors (Lipinski definition) is 1. The van der Waals surface area contributed by atoms with Gasteiger partial charge in [-0.05, 0) is 77.3 Å². The number of allylic oxidation sites excluding steroid dienone is 1. The average Bonchev–Trinajstić information content (AvgIpc) is 2.59. The molecule has 0 aromatic heterocycles. The third-order valence-electron chi connectivity index (χ3n) is 5.77. The summed E-state index contributed by atoms with van der Waals surface area (Å²) in [5.74, 6) is 0. The van der Waals surface area contributed by atoms with Crippen molar-refractivity contribution in [2.24, 2.45) is 4.99 Å². The molecule has 0 aliphatic heterocycles. The van der Waals surface area contributed by atoms with Crippen molar-refractivity contribution >= 4 is 24.1 Å². The molecular formula is C24H29N. The molecule has 0 atom stereocenters. The number of nitrogens with zero attached hydrogens (tertiary/aromatic N) is 1. The van der Waals surface area contributed by atoms with Crippen molar-refractivity contribution < 1.29 is 0 Å². The van der Waals surface area contributed by atoms with Crippen LogP contribution >= 0.6 is 0 Å². The highest BCUT2D eigenvalue weighted by atomic mass is 14.7. The summed E-state index contributed by atoms with van der Waals surface area (Å²) in [6.45, 7) is 15.2. The molecule has 0 N–H and O–H groups in total. The van der Waals surface area contributed by atoms with Crippen molar-refractivity contribution in [3.63, 3.8) is 0 Å². The van der Waals surface area contributed by atoms with Gasteiger partial charge in [0.2, 0.25) is 0 Å². The van der Waals surface area contributed by atoms with Crippen molar-refractivity contribution in [1.82, 2.24) is 0 Å². The van der Waals surface area contributed by atoms with E-state index in [1.807, 2.05) is 12.1 Å². The summed E-state index contributed by atoms with van der Waals surface area (Å²) >= 11 is 0. The molecule has 1 aliphatic carbocycles. The molecule has 0 amide bonds. The Morgan fingerprint density at radius 2 is 1.52 bits per heavy atom. The Bertz CT molecular complexity index is 820. The predicted octanol–water partition coefficient (Wildman–Crippen LogP) is 6.93. The molecule has 1 heteroatoms. The lowest BCUT2D eigenvalue weighted by atomic mass is 9.63. The molecule has 3 rings (SSSR count). The van der Waals surface area contributed by atoms with Gasteiger partial charge in [-0.1, -0.05) is 64.1 Å². The monoisotopic (exact) mass is 331 g/mol. The first kappa shape index (κ1) is 17.7. The standard InChI is InChI=1S/C24H29N/c1-17(19-8-10-20(25-6)11-9-19)15-18-7-12-21-22(16-18)24(4,5)14-13-23(21,2)3/h7-12,15-16H,6,13-14H2,1-5H3/b17-15-. The Labute approximate surface area is 152 Å². The van der Waals surface area contributed by atoms with Crippen LogP contribution in [0.25, 0.3) is 11.6 Å². The predicted molar refractivity (Wildman–Crippen MR) is 111 cm³/mol. The van der Waals surface area contributed by atoms with Gasteiger partial charge < -0.3 is 0 Å². The van der Waals surface area contributed by atoms with Crippen LogP contribution in [0.15, 0.2) is 47.5 Å². The van der Waals surface area contributed by atoms with E-state index in [0.717, 1.165) is 5.69 Å². The quantitative estimate of drug-likeness (QED) is 0.427. The Morgan fingerprint density at radius 1 is 0.920 bits per heavy atom. The first-order chi connectivity index (χ1) is 11.7. The van der Waals surface area contributed by atoms with Crippen LogP contribution in [0.4, 0.5) is 5.69 Å². The molecular weight excluding hydrogens is 302 g/mol. The van der Waals surface area contributed by atoms with Gasteiger partial charge in [-0.15, -0.1) is 0 Å². The second kappa shape index (κ2) is 6.29. The van der Waals surface area contributed by atoms with Crippen LogP contribution in [0, 0.1) is 0 Å². The van der Waals surface area contributed by atoms with Crippen LogP contribution in [-0.2, 0) is 10.8 Å². The fraction of sp³-hybridized carbons (Fsp3) is 0.375. The molecule has 0 bridgehead atoms. The SMILES string of the molecule is C=Nc1ccc(/C(C)=C\c2ccc3c(c2)C(C)(C)CCC3(C)C)cc1. The first-order valence-corrected chi connectivity index (χ1v) is 9.13. The zero-order valence-electron chi connectivity index (χ0n) is 16.2. The molecule has 0 radical (unpaired) electrons. The van der Waals surface area contributed by atoms with Crippen LogP contribution in [-0.4, -0.2) is 6.72 Å². The highest BCUT2D eigenvalue weighted by molar-refractivity contribution is 5.81. The van der Waals surface area contributed by atoms with Gasteiger partial charge in [-0.3, -0.25) is 4.99 Å². The minimum absolute atomic E-state index is 0.250. The van der Waals surface area contributed by atoms with E-state index in [1.165, 1.54) is 40.7 Å². The minimum Gasteiger partial charge on any atom is -0.265 e. The van der Waals surface area contributed by atoms with Crippen LogP contribution in [0.2, 0.25) is 0 Å². The van der Waals surface area contributed by atoms with Gasteiger partial charge in [-0.25, -0.2) is 0 Å². The van der Waals surface area contributed by atoms with Crippen molar-refractivity contribution in [3.8, 4) is 0 Å². The molecule has 0 fully saturated rings. The topological polar surface area (TPSA) is 12.4 Å². The van der Waals surface area contributed by atoms with Gasteiger partial charge in [0.15, 0.2) is 0 Å². The maximum absolute atomic E-state index is 3.96. The first-order valence-electron chi connectivity index (χ1n) is 9.13. The molecule has 2 aromatic carbocycles. The maximum atomic E-state index is 3.96. The average molecular weight is 332 g/mol. The fourth-order valence-electron chi connectivity index (χ4n) is 3.86. The Morgan fingerprint density at radius 3 is 2.12 bits per heavy atom. The van der Waals surface area contributed by atoms with E-state index in [9.17, 15) is 0 Å². The third kappa shape index (κ3) is 3.46. The lowest BCUT2D eigenvalue weighted by Gasteiger charge is -2.42. The molecule has 0 saturated carbocycles. The number of fused-ring (bicyclic) bond motifs is 1. The highest BCUT2D eigenvalue weighted by Gasteiger charge is 2.36. The Hall–Kier alpha value is -2.15. The Balaban J connectivity index is 1.99. The summed E-state index contributed by atoms with van der Waals surface area (Å²) in [6, 6.07) is 15.3. The molecule has 1 nitrogen and oxygen atoms in total. The van der Waals surface area contributed by atoms with Crippen molar-refractivity contribution in [2.75, 3.05) is 0 Å². The molecule has 1 aliphatic rings. The van der Waals surface area contributed by atoms with Crippen molar-refractivity contribution in [1.29, 1.82) is 0 Å². The molecule has 0 spiro atoms. The van der Waals surface area contributed by atoms with Crippen molar-refractivity contribution in [2.45, 2.75) is 58.3 Å². The molecule has 130 valence electrons. The minimum atomic E-state index is 0.250. The largest absolute Gasteiger partial charge is 0.265 e. The summed E-state index contributed by atoms with van der Waals surface area (Å²) < 4.78 is 0. The second-order valence-corrected chi connectivity index (χ2v) is 8.61. The van der Waals surface area contributed by atoms with Gasteiger partial charge >= 0.3 is 0 Å². The number of benzene rings is 2. The summed E-state index contributed by atoms with van der Waals surface area (Å²) in [6.07, 6.45) is 4.79. The van der Waals surface area contributed by atoms with Crippen LogP contribution in [0.3, 0.4) is 0 Å². The number of aliphatic imine (C=N–C) groups is 1. The van der Waals surface area contributed by atoms with Gasteiger partial charge in [0, 0.05) is 0 Å². The number of rotatable bonds is 3. The summed E-state index contributed by atoms with van der Waals surface area (Å²) in [4.78, 5) is 3.96. The van der Waals surface area contributed by atoms with Gasteiger partial charge in [-0.2, -0.15) is 0 Å². The van der Waals surface area contributed by atoms with Crippen LogP contribution < -0.4 is 0 Å². The lowest BCUT2D eigenvalue weighted by Crippen LogP contribution is -2.33. The van der Waals surface area contributed by atoms with E-state index in [4.69, 9.17) is 0 Å². The normalized spacial score (nSPS) is 18.5. The molecule has 0 saturated heterocycles. The van der Waals surface area contributed by atoms with E-state index in [-0.39, 0.29) is 10.8 Å². The molecule has 0 unspecified atom stereocenters. The number of hydrogen-bond donors (Lipinski definition) is 0. The summed E-state index contributed by atoms with van der Waals surface area (Å²) in [5.41, 5.74) is 8.24. The highest BCUT2D eigenvalue weighted by Crippen LogP contribution is 2.46. The van der Waals surface area contributed by atoms with Crippen LogP contribution in [0.1, 0.15) is 69.7 Å². The maximum Gasteiger partial charge on any atom is 0.0622 e. The lowest BCUT2D eigenvalue weighted by molar-refractivity contribution is 0.332. The zero-order valence-corrected chi connectivity index (χ0v) is 16.2. The van der Waals surface area contributed by atoms with E-state index < -0.39 is 0 Å². The van der Waals surface area contributed by atoms with E-state index in [1.54, 1.807) is 0 Å². The van der Waals surface area contributed by atoms with E-state index in [0.29, 0.717) is 0 Å². The van der Waals surface area contributed by atoms with E-state index >= 15 is 0 Å². The van der Waals surface area contributed by atoms with Gasteiger partial charge in [0.05, 0.1) is 5.69 Å². The van der Waals surface area contributed by atoms with E-state index in [2.05, 4.69) is 82.7 Å². The third-order valence-corrected chi connectivity index (χ3v) is 5.77. The fourth-order valence-corrected chi connectivity index (χ4v) is 3.86. The zero-order chi connectivity index (χ0) is 18.2. The second-order valence-electron chi connectivity index (χ2n) is 8.61. The van der Waals surface area contributed by atoms with Gasteiger partial charge in [0.1, 0.15) is 0 Å².